The van der Waals surface area contributed by atoms with Gasteiger partial charge < -0.3 is 33.0 Å². The van der Waals surface area contributed by atoms with E-state index >= 15 is 0 Å². The van der Waals surface area contributed by atoms with Crippen LogP contribution in [0.1, 0.15) is 16.7 Å². The van der Waals surface area contributed by atoms with Crippen LogP contribution < -0.4 is 29.5 Å². The first-order valence-electron chi connectivity index (χ1n) is 10.3. The second-order valence-electron chi connectivity index (χ2n) is 7.64. The number of nitrogens with zero attached hydrogens (tertiary/aromatic N) is 1. The van der Waals surface area contributed by atoms with Gasteiger partial charge in [0, 0.05) is 23.2 Å². The van der Waals surface area contributed by atoms with Crippen molar-refractivity contribution < 1.29 is 32.9 Å². The van der Waals surface area contributed by atoms with Crippen LogP contribution in [0.5, 0.6) is 23.0 Å². The molecule has 0 bridgehead atoms. The monoisotopic (exact) mass is 489 g/mol. The number of rotatable bonds is 6. The third-order valence-electron chi connectivity index (χ3n) is 5.86. The van der Waals surface area contributed by atoms with E-state index in [0.29, 0.717) is 56.7 Å². The second-order valence-corrected chi connectivity index (χ2v) is 8.05. The summed E-state index contributed by atoms with van der Waals surface area (Å²) in [4.78, 5) is 26.5. The molecule has 1 aliphatic rings. The maximum Gasteiger partial charge on any atom is 0.340 e. The molecule has 180 valence electrons. The van der Waals surface area contributed by atoms with E-state index in [0.717, 1.165) is 5.69 Å². The summed E-state index contributed by atoms with van der Waals surface area (Å²) in [6, 6.07) is 5.29. The van der Waals surface area contributed by atoms with E-state index in [2.05, 4.69) is 0 Å². The predicted octanol–water partition coefficient (Wildman–Crippen LogP) is 3.85. The van der Waals surface area contributed by atoms with Crippen LogP contribution in [0.2, 0.25) is 5.02 Å². The molecule has 0 atom stereocenters. The van der Waals surface area contributed by atoms with Crippen LogP contribution >= 0.6 is 11.6 Å². The highest BCUT2D eigenvalue weighted by Gasteiger charge is 2.28. The molecule has 0 N–H and O–H groups in total. The number of fused-ring (bicyclic) bond motifs is 3. The molecule has 1 aliphatic heterocycles. The maximum absolute atomic E-state index is 12.8. The normalized spacial score (nSPS) is 12.7. The third kappa shape index (κ3) is 3.96. The molecule has 1 aromatic heterocycles. The van der Waals surface area contributed by atoms with Crippen LogP contribution in [0, 0.1) is 6.92 Å². The SMILES string of the molecule is COC(=O)Cc1c(C)c2cc(Cl)c3c(c2oc1=O)CN(c1cc(OC)c(OC)c(OC)c1)CO3. The number of methoxy groups -OCH3 is 4. The zero-order valence-electron chi connectivity index (χ0n) is 19.4. The predicted molar refractivity (Wildman–Crippen MR) is 126 cm³/mol. The van der Waals surface area contributed by atoms with Gasteiger partial charge in [-0.3, -0.25) is 4.79 Å². The van der Waals surface area contributed by atoms with Crippen LogP contribution in [-0.2, 0) is 22.5 Å². The molecule has 2 heterocycles. The van der Waals surface area contributed by atoms with Gasteiger partial charge in [0.2, 0.25) is 5.75 Å². The van der Waals surface area contributed by atoms with E-state index in [1.807, 2.05) is 4.90 Å². The van der Waals surface area contributed by atoms with Crippen LogP contribution in [0.4, 0.5) is 5.69 Å². The number of benzene rings is 2. The van der Waals surface area contributed by atoms with Gasteiger partial charge in [-0.15, -0.1) is 0 Å². The first kappa shape index (κ1) is 23.6. The van der Waals surface area contributed by atoms with Crippen molar-refractivity contribution in [1.29, 1.82) is 0 Å². The highest BCUT2D eigenvalue weighted by Crippen LogP contribution is 2.44. The summed E-state index contributed by atoms with van der Waals surface area (Å²) in [7, 11) is 5.88. The Labute approximate surface area is 200 Å². The maximum atomic E-state index is 12.8. The first-order valence-corrected chi connectivity index (χ1v) is 10.7. The Morgan fingerprint density at radius 1 is 1.09 bits per heavy atom. The van der Waals surface area contributed by atoms with Gasteiger partial charge in [0.25, 0.3) is 0 Å². The standard InChI is InChI=1S/C24H24ClNO8/c1-12-14-8-17(25)22-16(21(14)34-24(28)15(12)9-20(27)31-4)10-26(11-33-22)13-6-18(29-2)23(32-5)19(7-13)30-3/h6-8H,9-11H2,1-5H3. The van der Waals surface area contributed by atoms with Gasteiger partial charge >= 0.3 is 11.6 Å². The van der Waals surface area contributed by atoms with E-state index < -0.39 is 11.6 Å². The van der Waals surface area contributed by atoms with Crippen molar-refractivity contribution in [3.05, 3.63) is 50.3 Å². The number of carbonyl (C=O) groups is 1. The highest BCUT2D eigenvalue weighted by molar-refractivity contribution is 6.33. The lowest BCUT2D eigenvalue weighted by atomic mass is 10.00. The van der Waals surface area contributed by atoms with Crippen LogP contribution in [0.3, 0.4) is 0 Å². The molecule has 4 rings (SSSR count). The zero-order valence-corrected chi connectivity index (χ0v) is 20.2. The lowest BCUT2D eigenvalue weighted by molar-refractivity contribution is -0.139. The number of aryl methyl sites for hydroxylation is 1. The minimum absolute atomic E-state index is 0.191. The largest absolute Gasteiger partial charge is 0.493 e. The van der Waals surface area contributed by atoms with E-state index in [1.165, 1.54) is 14.2 Å². The Morgan fingerprint density at radius 2 is 1.76 bits per heavy atom. The Morgan fingerprint density at radius 3 is 2.35 bits per heavy atom. The molecule has 10 heteroatoms. The summed E-state index contributed by atoms with van der Waals surface area (Å²) in [5, 5.41) is 1.01. The fourth-order valence-electron chi connectivity index (χ4n) is 4.05. The van der Waals surface area contributed by atoms with Crippen molar-refractivity contribution in [3.63, 3.8) is 0 Å². The summed E-state index contributed by atoms with van der Waals surface area (Å²) in [5.74, 6) is 1.37. The van der Waals surface area contributed by atoms with Gasteiger partial charge in [0.15, 0.2) is 18.2 Å². The average Bonchev–Trinajstić information content (AvgIpc) is 2.85. The molecular weight excluding hydrogens is 466 g/mol. The summed E-state index contributed by atoms with van der Waals surface area (Å²) < 4.78 is 32.7. The second kappa shape index (κ2) is 9.34. The van der Waals surface area contributed by atoms with E-state index in [4.69, 9.17) is 39.7 Å². The van der Waals surface area contributed by atoms with Crippen molar-refractivity contribution in [1.82, 2.24) is 0 Å². The van der Waals surface area contributed by atoms with Crippen molar-refractivity contribution in [2.75, 3.05) is 40.1 Å². The lowest BCUT2D eigenvalue weighted by Gasteiger charge is -2.32. The molecule has 0 radical (unpaired) electrons. The molecule has 9 nitrogen and oxygen atoms in total. The number of hydrogen-bond donors (Lipinski definition) is 0. The molecule has 34 heavy (non-hydrogen) atoms. The number of ether oxygens (including phenoxy) is 5. The number of halogens is 1. The zero-order chi connectivity index (χ0) is 24.6. The van der Waals surface area contributed by atoms with E-state index in [9.17, 15) is 9.59 Å². The Kier molecular flexibility index (Phi) is 6.47. The molecule has 3 aromatic rings. The topological polar surface area (TPSA) is 96.7 Å². The Hall–Kier alpha value is -3.59. The van der Waals surface area contributed by atoms with Gasteiger partial charge in [-0.25, -0.2) is 4.79 Å². The summed E-state index contributed by atoms with van der Waals surface area (Å²) in [5.41, 5.74) is 1.94. The molecule has 0 spiro atoms. The number of hydrogen-bond acceptors (Lipinski definition) is 9. The molecule has 2 aromatic carbocycles. The van der Waals surface area contributed by atoms with Gasteiger partial charge in [-0.05, 0) is 18.6 Å². The van der Waals surface area contributed by atoms with Crippen LogP contribution in [0.25, 0.3) is 11.0 Å². The van der Waals surface area contributed by atoms with Gasteiger partial charge in [0.05, 0.1) is 57.6 Å². The average molecular weight is 490 g/mol. The summed E-state index contributed by atoms with van der Waals surface area (Å²) >= 11 is 6.54. The van der Waals surface area contributed by atoms with Crippen LogP contribution in [0.15, 0.2) is 27.4 Å². The number of anilines is 1. The van der Waals surface area contributed by atoms with Gasteiger partial charge in [0.1, 0.15) is 11.3 Å². The molecule has 0 fully saturated rings. The number of esters is 1. The van der Waals surface area contributed by atoms with Crippen molar-refractivity contribution in [3.8, 4) is 23.0 Å². The van der Waals surface area contributed by atoms with Crippen molar-refractivity contribution >= 4 is 34.2 Å². The third-order valence-corrected chi connectivity index (χ3v) is 6.14. The molecule has 0 aliphatic carbocycles. The molecular formula is C24H24ClNO8. The van der Waals surface area contributed by atoms with E-state index in [-0.39, 0.29) is 18.7 Å². The number of carbonyl (C=O) groups excluding carboxylic acids is 1. The van der Waals surface area contributed by atoms with E-state index in [1.54, 1.807) is 39.3 Å². The molecule has 0 saturated heterocycles. The summed E-state index contributed by atoms with van der Waals surface area (Å²) in [6.45, 7) is 2.28. The van der Waals surface area contributed by atoms with Crippen molar-refractivity contribution in [2.45, 2.75) is 19.9 Å². The molecule has 0 unspecified atom stereocenters. The smallest absolute Gasteiger partial charge is 0.340 e. The first-order chi connectivity index (χ1) is 16.3. The fraction of sp³-hybridized carbons (Fsp3) is 0.333. The minimum Gasteiger partial charge on any atom is -0.493 e. The van der Waals surface area contributed by atoms with Gasteiger partial charge in [-0.2, -0.15) is 0 Å². The molecule has 0 amide bonds. The highest BCUT2D eigenvalue weighted by atomic mass is 35.5. The quantitative estimate of drug-likeness (QED) is 0.377. The fourth-order valence-corrected chi connectivity index (χ4v) is 4.33. The lowest BCUT2D eigenvalue weighted by Crippen LogP contribution is -2.32. The van der Waals surface area contributed by atoms with Crippen molar-refractivity contribution in [2.24, 2.45) is 0 Å². The Bertz CT molecular complexity index is 1310. The van der Waals surface area contributed by atoms with Gasteiger partial charge in [-0.1, -0.05) is 11.6 Å². The van der Waals surface area contributed by atoms with Crippen LogP contribution in [-0.4, -0.2) is 41.1 Å². The Balaban J connectivity index is 1.83. The summed E-state index contributed by atoms with van der Waals surface area (Å²) in [6.07, 6.45) is -0.191. The molecule has 0 saturated carbocycles. The minimum atomic E-state index is -0.607.